The fourth-order valence-electron chi connectivity index (χ4n) is 0.271. The van der Waals surface area contributed by atoms with Crippen LogP contribution in [0.5, 0.6) is 0 Å². The normalized spacial score (nSPS) is 10.4. The van der Waals surface area contributed by atoms with Crippen LogP contribution in [-0.4, -0.2) is 54.1 Å². The van der Waals surface area contributed by atoms with E-state index in [2.05, 4.69) is 0 Å². The van der Waals surface area contributed by atoms with E-state index in [-0.39, 0.29) is 6.54 Å². The molecule has 0 aromatic carbocycles. The lowest BCUT2D eigenvalue weighted by Gasteiger charge is -2.01. The van der Waals surface area contributed by atoms with Gasteiger partial charge in [0.05, 0.1) is 6.54 Å². The van der Waals surface area contributed by atoms with E-state index in [0.717, 1.165) is 0 Å². The van der Waals surface area contributed by atoms with Gasteiger partial charge in [-0.3, -0.25) is 18.8 Å². The third kappa shape index (κ3) is 58.8. The van der Waals surface area contributed by atoms with Gasteiger partial charge in [-0.05, 0) is 14.1 Å². The van der Waals surface area contributed by atoms with Gasteiger partial charge in [0, 0.05) is 0 Å². The monoisotopic (exact) mass is 201 g/mol. The maximum atomic E-state index is 9.77. The molecule has 0 unspecified atom stereocenters. The van der Waals surface area contributed by atoms with Crippen LogP contribution >= 0.6 is 0 Å². The van der Waals surface area contributed by atoms with Crippen LogP contribution in [0.15, 0.2) is 0 Å². The molecule has 12 heavy (non-hydrogen) atoms. The van der Waals surface area contributed by atoms with Crippen molar-refractivity contribution >= 4 is 16.4 Å². The van der Waals surface area contributed by atoms with E-state index in [1.54, 1.807) is 19.0 Å². The summed E-state index contributed by atoms with van der Waals surface area (Å²) in [4.78, 5) is 11.4. The average Bonchev–Trinajstić information content (AvgIpc) is 1.52. The Balaban J connectivity index is 0. The summed E-state index contributed by atoms with van der Waals surface area (Å²) in [5.74, 6) is -0.787. The second-order valence-electron chi connectivity index (χ2n) is 2.08. The average molecular weight is 201 g/mol. The zero-order valence-electron chi connectivity index (χ0n) is 6.63. The summed E-state index contributed by atoms with van der Waals surface area (Å²) >= 11 is 0. The highest BCUT2D eigenvalue weighted by atomic mass is 32.3. The Morgan fingerprint density at radius 2 is 1.58 bits per heavy atom. The zero-order chi connectivity index (χ0) is 10.4. The molecule has 0 aliphatic heterocycles. The number of nitrogens with zero attached hydrogens (tertiary/aromatic N) is 1. The predicted molar refractivity (Wildman–Crippen MR) is 40.4 cm³/mol. The Hall–Kier alpha value is -0.700. The first-order valence-electron chi connectivity index (χ1n) is 2.69. The van der Waals surface area contributed by atoms with Crippen molar-refractivity contribution in [3.05, 3.63) is 0 Å². The molecule has 0 heterocycles. The second-order valence-corrected chi connectivity index (χ2v) is 2.98. The number of carboxylic acid groups (broad SMARTS) is 1. The molecule has 3 N–H and O–H groups in total. The molecule has 0 saturated carbocycles. The number of likely N-dealkylation sites (N-methyl/N-ethyl adjacent to an activating group) is 1. The second kappa shape index (κ2) is 5.89. The molecule has 0 radical (unpaired) electrons. The van der Waals surface area contributed by atoms with E-state index in [9.17, 15) is 4.79 Å². The highest BCUT2D eigenvalue weighted by Crippen LogP contribution is 1.69. The first kappa shape index (κ1) is 13.9. The van der Waals surface area contributed by atoms with E-state index in [1.165, 1.54) is 0 Å². The number of hydrogen-bond acceptors (Lipinski definition) is 4. The van der Waals surface area contributed by atoms with Crippen molar-refractivity contribution in [2.24, 2.45) is 0 Å². The molecule has 7 nitrogen and oxygen atoms in total. The first-order valence-corrected chi connectivity index (χ1v) is 4.09. The highest BCUT2D eigenvalue weighted by Gasteiger charge is 1.94. The number of rotatable bonds is 2. The minimum Gasteiger partial charge on any atom is -0.480 e. The fourth-order valence-corrected chi connectivity index (χ4v) is 0.271. The van der Waals surface area contributed by atoms with Gasteiger partial charge in [-0.1, -0.05) is 0 Å². The summed E-state index contributed by atoms with van der Waals surface area (Å²) in [5, 5.41) is 8.04. The van der Waals surface area contributed by atoms with E-state index in [0.29, 0.717) is 0 Å². The standard InChI is InChI=1S/C4H9NO2.H2O4S/c1-5(2)3-4(6)7;1-5(2,3)4/h3H2,1-2H3,(H,6,7);(H2,1,2,3,4). The van der Waals surface area contributed by atoms with Gasteiger partial charge in [-0.15, -0.1) is 0 Å². The number of carbonyl (C=O) groups is 1. The maximum Gasteiger partial charge on any atom is 0.394 e. The lowest BCUT2D eigenvalue weighted by molar-refractivity contribution is -0.137. The predicted octanol–water partition coefficient (Wildman–Crippen LogP) is -1.02. The molecule has 0 atom stereocenters. The molecule has 0 aliphatic rings. The molecule has 0 bridgehead atoms. The third-order valence-corrected chi connectivity index (χ3v) is 0.451. The van der Waals surface area contributed by atoms with Gasteiger partial charge in [0.15, 0.2) is 0 Å². The van der Waals surface area contributed by atoms with E-state index in [4.69, 9.17) is 22.6 Å². The number of aliphatic carboxylic acids is 1. The number of carboxylic acids is 1. The molecule has 0 saturated heterocycles. The van der Waals surface area contributed by atoms with Gasteiger partial charge in [0.1, 0.15) is 0 Å². The van der Waals surface area contributed by atoms with Crippen LogP contribution in [0.25, 0.3) is 0 Å². The lowest BCUT2D eigenvalue weighted by Crippen LogP contribution is -2.20. The molecule has 0 fully saturated rings. The molecular formula is C4H11NO6S. The van der Waals surface area contributed by atoms with E-state index < -0.39 is 16.4 Å². The highest BCUT2D eigenvalue weighted by molar-refractivity contribution is 7.79. The Bertz CT molecular complexity index is 212. The maximum absolute atomic E-state index is 9.77. The van der Waals surface area contributed by atoms with Crippen LogP contribution in [0.2, 0.25) is 0 Å². The summed E-state index contributed by atoms with van der Waals surface area (Å²) in [6, 6.07) is 0. The van der Waals surface area contributed by atoms with Crippen molar-refractivity contribution in [2.45, 2.75) is 0 Å². The largest absolute Gasteiger partial charge is 0.480 e. The minimum absolute atomic E-state index is 0.111. The SMILES string of the molecule is CN(C)CC(=O)O.O=S(=O)(O)O. The van der Waals surface area contributed by atoms with E-state index in [1.807, 2.05) is 0 Å². The topological polar surface area (TPSA) is 115 Å². The van der Waals surface area contributed by atoms with Gasteiger partial charge in [-0.25, -0.2) is 0 Å². The van der Waals surface area contributed by atoms with Crippen molar-refractivity contribution in [3.63, 3.8) is 0 Å². The molecule has 0 spiro atoms. The van der Waals surface area contributed by atoms with Gasteiger partial charge in [0.25, 0.3) is 0 Å². The molecule has 8 heteroatoms. The minimum atomic E-state index is -4.67. The molecule has 0 rings (SSSR count). The zero-order valence-corrected chi connectivity index (χ0v) is 7.45. The van der Waals surface area contributed by atoms with Gasteiger partial charge < -0.3 is 5.11 Å². The van der Waals surface area contributed by atoms with Crippen molar-refractivity contribution in [1.82, 2.24) is 4.90 Å². The Morgan fingerprint density at radius 1 is 1.33 bits per heavy atom. The number of hydrogen-bond donors (Lipinski definition) is 3. The smallest absolute Gasteiger partial charge is 0.394 e. The van der Waals surface area contributed by atoms with Crippen molar-refractivity contribution in [3.8, 4) is 0 Å². The van der Waals surface area contributed by atoms with E-state index >= 15 is 0 Å². The van der Waals surface area contributed by atoms with Crippen molar-refractivity contribution in [2.75, 3.05) is 20.6 Å². The van der Waals surface area contributed by atoms with Crippen LogP contribution in [0, 0.1) is 0 Å². The van der Waals surface area contributed by atoms with Crippen molar-refractivity contribution in [1.29, 1.82) is 0 Å². The Labute approximate surface area is 70.2 Å². The van der Waals surface area contributed by atoms with Crippen LogP contribution in [0.3, 0.4) is 0 Å². The molecule has 0 aromatic rings. The lowest BCUT2D eigenvalue weighted by atomic mass is 10.6. The summed E-state index contributed by atoms with van der Waals surface area (Å²) in [6.07, 6.45) is 0. The molecule has 0 aromatic heterocycles. The Morgan fingerprint density at radius 3 is 1.58 bits per heavy atom. The third-order valence-electron chi connectivity index (χ3n) is 0.451. The molecule has 0 aliphatic carbocycles. The van der Waals surface area contributed by atoms with Crippen LogP contribution in [-0.2, 0) is 15.2 Å². The molecule has 0 amide bonds. The van der Waals surface area contributed by atoms with Gasteiger partial charge in [0.2, 0.25) is 0 Å². The summed E-state index contributed by atoms with van der Waals surface area (Å²) in [6.45, 7) is 0.111. The fraction of sp³-hybridized carbons (Fsp3) is 0.750. The van der Waals surface area contributed by atoms with Crippen molar-refractivity contribution < 1.29 is 27.4 Å². The summed E-state index contributed by atoms with van der Waals surface area (Å²) in [5.41, 5.74) is 0. The molecular weight excluding hydrogens is 190 g/mol. The van der Waals surface area contributed by atoms with Gasteiger partial charge >= 0.3 is 16.4 Å². The summed E-state index contributed by atoms with van der Waals surface area (Å²) in [7, 11) is -1.23. The quantitative estimate of drug-likeness (QED) is 0.490. The first-order chi connectivity index (χ1) is 5.13. The van der Waals surface area contributed by atoms with Crippen LogP contribution in [0.1, 0.15) is 0 Å². The molecule has 74 valence electrons. The van der Waals surface area contributed by atoms with Crippen LogP contribution in [0.4, 0.5) is 0 Å². The van der Waals surface area contributed by atoms with Crippen LogP contribution < -0.4 is 0 Å². The summed E-state index contributed by atoms with van der Waals surface area (Å²) < 4.78 is 31.6. The Kier molecular flexibility index (Phi) is 6.80. The van der Waals surface area contributed by atoms with Gasteiger partial charge in [-0.2, -0.15) is 8.42 Å².